The SMILES string of the molecule is O=C(Cn1ccnn1)NCc1ccccc1. The molecule has 0 saturated heterocycles. The van der Waals surface area contributed by atoms with Gasteiger partial charge in [0.15, 0.2) is 0 Å². The van der Waals surface area contributed by atoms with Crippen LogP contribution in [0, 0.1) is 0 Å². The summed E-state index contributed by atoms with van der Waals surface area (Å²) in [4.78, 5) is 11.5. The lowest BCUT2D eigenvalue weighted by atomic mass is 10.2. The molecule has 0 aliphatic carbocycles. The highest BCUT2D eigenvalue weighted by Gasteiger charge is 2.02. The summed E-state index contributed by atoms with van der Waals surface area (Å²) in [6, 6.07) is 9.77. The zero-order valence-corrected chi connectivity index (χ0v) is 8.71. The smallest absolute Gasteiger partial charge is 0.242 e. The van der Waals surface area contributed by atoms with Gasteiger partial charge in [-0.1, -0.05) is 35.5 Å². The van der Waals surface area contributed by atoms with Gasteiger partial charge in [-0.25, -0.2) is 4.68 Å². The third kappa shape index (κ3) is 2.91. The summed E-state index contributed by atoms with van der Waals surface area (Å²) >= 11 is 0. The topological polar surface area (TPSA) is 59.8 Å². The standard InChI is InChI=1S/C11H12N4O/c16-11(9-15-7-6-13-14-15)12-8-10-4-2-1-3-5-10/h1-7H,8-9H2,(H,12,16). The Hall–Kier alpha value is -2.17. The van der Waals surface area contributed by atoms with E-state index in [0.717, 1.165) is 5.56 Å². The number of hydrogen-bond donors (Lipinski definition) is 1. The Labute approximate surface area is 93.1 Å². The highest BCUT2D eigenvalue weighted by molar-refractivity contribution is 5.75. The van der Waals surface area contributed by atoms with Gasteiger partial charge in [0.25, 0.3) is 0 Å². The number of carbonyl (C=O) groups excluding carboxylic acids is 1. The van der Waals surface area contributed by atoms with Crippen LogP contribution in [-0.2, 0) is 17.9 Å². The third-order valence-corrected chi connectivity index (χ3v) is 2.11. The van der Waals surface area contributed by atoms with E-state index in [2.05, 4.69) is 15.6 Å². The van der Waals surface area contributed by atoms with E-state index in [9.17, 15) is 4.79 Å². The van der Waals surface area contributed by atoms with Crippen molar-refractivity contribution in [3.05, 3.63) is 48.3 Å². The average molecular weight is 216 g/mol. The van der Waals surface area contributed by atoms with Crippen molar-refractivity contribution < 1.29 is 4.79 Å². The van der Waals surface area contributed by atoms with Crippen LogP contribution >= 0.6 is 0 Å². The van der Waals surface area contributed by atoms with E-state index in [1.807, 2.05) is 30.3 Å². The molecule has 2 rings (SSSR count). The second-order valence-electron chi connectivity index (χ2n) is 3.36. The number of rotatable bonds is 4. The second-order valence-corrected chi connectivity index (χ2v) is 3.36. The van der Waals surface area contributed by atoms with E-state index in [0.29, 0.717) is 6.54 Å². The first kappa shape index (κ1) is 10.4. The van der Waals surface area contributed by atoms with Crippen molar-refractivity contribution in [1.29, 1.82) is 0 Å². The lowest BCUT2D eigenvalue weighted by Gasteiger charge is -2.04. The van der Waals surface area contributed by atoms with Crippen molar-refractivity contribution in [3.63, 3.8) is 0 Å². The van der Waals surface area contributed by atoms with E-state index in [1.54, 1.807) is 12.4 Å². The summed E-state index contributed by atoms with van der Waals surface area (Å²) in [5, 5.41) is 10.2. The molecule has 2 aromatic rings. The minimum absolute atomic E-state index is 0.0747. The van der Waals surface area contributed by atoms with E-state index in [1.165, 1.54) is 4.68 Å². The molecule has 0 aliphatic rings. The van der Waals surface area contributed by atoms with Gasteiger partial charge in [0.05, 0.1) is 6.20 Å². The second kappa shape index (κ2) is 5.06. The van der Waals surface area contributed by atoms with Gasteiger partial charge in [0.1, 0.15) is 6.54 Å². The first-order chi connectivity index (χ1) is 7.84. The Morgan fingerprint density at radius 3 is 2.81 bits per heavy atom. The predicted molar refractivity (Wildman–Crippen MR) is 58.3 cm³/mol. The predicted octanol–water partition coefficient (Wildman–Crippen LogP) is 0.594. The summed E-state index contributed by atoms with van der Waals surface area (Å²) < 4.78 is 1.49. The molecule has 1 aromatic heterocycles. The van der Waals surface area contributed by atoms with E-state index < -0.39 is 0 Å². The number of hydrogen-bond acceptors (Lipinski definition) is 3. The van der Waals surface area contributed by atoms with Gasteiger partial charge in [-0.15, -0.1) is 5.10 Å². The number of carbonyl (C=O) groups is 1. The molecule has 16 heavy (non-hydrogen) atoms. The van der Waals surface area contributed by atoms with Crippen molar-refractivity contribution in [2.75, 3.05) is 0 Å². The van der Waals surface area contributed by atoms with Crippen LogP contribution in [0.25, 0.3) is 0 Å². The van der Waals surface area contributed by atoms with Crippen molar-refractivity contribution >= 4 is 5.91 Å². The molecular formula is C11H12N4O. The Balaban J connectivity index is 1.80. The fourth-order valence-electron chi connectivity index (χ4n) is 1.32. The Morgan fingerprint density at radius 1 is 1.31 bits per heavy atom. The summed E-state index contributed by atoms with van der Waals surface area (Å²) in [5.74, 6) is -0.0747. The third-order valence-electron chi connectivity index (χ3n) is 2.11. The number of aromatic nitrogens is 3. The fourth-order valence-corrected chi connectivity index (χ4v) is 1.32. The molecule has 1 heterocycles. The summed E-state index contributed by atoms with van der Waals surface area (Å²) in [5.41, 5.74) is 1.08. The quantitative estimate of drug-likeness (QED) is 0.814. The minimum Gasteiger partial charge on any atom is -0.350 e. The largest absolute Gasteiger partial charge is 0.350 e. The normalized spacial score (nSPS) is 10.0. The molecule has 0 spiro atoms. The van der Waals surface area contributed by atoms with E-state index in [4.69, 9.17) is 0 Å². The molecule has 5 heteroatoms. The van der Waals surface area contributed by atoms with Gasteiger partial charge < -0.3 is 5.32 Å². The summed E-state index contributed by atoms with van der Waals surface area (Å²) in [6.45, 7) is 0.737. The van der Waals surface area contributed by atoms with Crippen LogP contribution in [0.5, 0.6) is 0 Å². The van der Waals surface area contributed by atoms with E-state index >= 15 is 0 Å². The zero-order valence-electron chi connectivity index (χ0n) is 8.71. The van der Waals surface area contributed by atoms with Gasteiger partial charge >= 0.3 is 0 Å². The first-order valence-corrected chi connectivity index (χ1v) is 4.99. The summed E-state index contributed by atoms with van der Waals surface area (Å²) in [7, 11) is 0. The van der Waals surface area contributed by atoms with Crippen LogP contribution in [0.15, 0.2) is 42.7 Å². The highest BCUT2D eigenvalue weighted by atomic mass is 16.2. The Bertz CT molecular complexity index is 438. The van der Waals surface area contributed by atoms with Gasteiger partial charge in [-0.05, 0) is 5.56 Å². The van der Waals surface area contributed by atoms with Crippen molar-refractivity contribution in [2.45, 2.75) is 13.1 Å². The molecule has 0 atom stereocenters. The zero-order chi connectivity index (χ0) is 11.2. The molecule has 0 radical (unpaired) electrons. The molecule has 0 fully saturated rings. The van der Waals surface area contributed by atoms with Gasteiger partial charge in [-0.2, -0.15) is 0 Å². The summed E-state index contributed by atoms with van der Waals surface area (Å²) in [6.07, 6.45) is 3.20. The number of nitrogens with zero attached hydrogens (tertiary/aromatic N) is 3. The van der Waals surface area contributed by atoms with E-state index in [-0.39, 0.29) is 12.5 Å². The average Bonchev–Trinajstić information content (AvgIpc) is 2.81. The van der Waals surface area contributed by atoms with Gasteiger partial charge in [0, 0.05) is 12.7 Å². The first-order valence-electron chi connectivity index (χ1n) is 4.99. The fraction of sp³-hybridized carbons (Fsp3) is 0.182. The van der Waals surface area contributed by atoms with Crippen molar-refractivity contribution in [1.82, 2.24) is 20.3 Å². The maximum Gasteiger partial charge on any atom is 0.242 e. The number of nitrogens with one attached hydrogen (secondary N) is 1. The molecule has 0 bridgehead atoms. The highest BCUT2D eigenvalue weighted by Crippen LogP contribution is 1.97. The molecule has 1 aromatic carbocycles. The van der Waals surface area contributed by atoms with Crippen LogP contribution in [0.2, 0.25) is 0 Å². The van der Waals surface area contributed by atoms with Crippen LogP contribution < -0.4 is 5.32 Å². The van der Waals surface area contributed by atoms with Crippen molar-refractivity contribution in [3.8, 4) is 0 Å². The lowest BCUT2D eigenvalue weighted by Crippen LogP contribution is -2.27. The van der Waals surface area contributed by atoms with Crippen LogP contribution in [0.4, 0.5) is 0 Å². The van der Waals surface area contributed by atoms with Crippen LogP contribution in [0.1, 0.15) is 5.56 Å². The molecule has 0 unspecified atom stereocenters. The monoisotopic (exact) mass is 216 g/mol. The lowest BCUT2D eigenvalue weighted by molar-refractivity contribution is -0.122. The van der Waals surface area contributed by atoms with Crippen molar-refractivity contribution in [2.24, 2.45) is 0 Å². The Kier molecular flexibility index (Phi) is 3.28. The number of amides is 1. The molecule has 5 nitrogen and oxygen atoms in total. The maximum atomic E-state index is 11.5. The molecule has 82 valence electrons. The molecule has 0 saturated carbocycles. The molecule has 0 aliphatic heterocycles. The van der Waals surface area contributed by atoms with Crippen LogP contribution in [0.3, 0.4) is 0 Å². The van der Waals surface area contributed by atoms with Gasteiger partial charge in [-0.3, -0.25) is 4.79 Å². The van der Waals surface area contributed by atoms with Gasteiger partial charge in [0.2, 0.25) is 5.91 Å². The molecule has 1 N–H and O–H groups in total. The Morgan fingerprint density at radius 2 is 2.12 bits per heavy atom. The van der Waals surface area contributed by atoms with Crippen LogP contribution in [-0.4, -0.2) is 20.9 Å². The maximum absolute atomic E-state index is 11.5. The number of benzene rings is 1. The minimum atomic E-state index is -0.0747. The molecule has 1 amide bonds. The molecular weight excluding hydrogens is 204 g/mol.